The van der Waals surface area contributed by atoms with Gasteiger partial charge in [0.1, 0.15) is 31.0 Å². The number of hydrogen-bond donors (Lipinski definition) is 9. The molecule has 0 radical (unpaired) electrons. The molecule has 0 bridgehead atoms. The largest absolute Gasteiger partial charge is 0.445 e. The lowest BCUT2D eigenvalue weighted by Gasteiger charge is -2.40. The van der Waals surface area contributed by atoms with Crippen LogP contribution in [0.5, 0.6) is 0 Å². The average molecular weight is 720 g/mol. The molecule has 1 fully saturated rings. The van der Waals surface area contributed by atoms with Gasteiger partial charge in [-0.1, -0.05) is 18.6 Å². The van der Waals surface area contributed by atoms with Gasteiger partial charge in [-0.05, 0) is 69.7 Å². The van der Waals surface area contributed by atoms with Crippen molar-refractivity contribution in [1.82, 2.24) is 26.2 Å². The predicted molar refractivity (Wildman–Crippen MR) is 181 cm³/mol. The molecule has 1 aromatic carbocycles. The second-order valence-electron chi connectivity index (χ2n) is 12.7. The summed E-state index contributed by atoms with van der Waals surface area (Å²) in [6.07, 6.45) is 0.795. The maximum absolute atomic E-state index is 13.2. The summed E-state index contributed by atoms with van der Waals surface area (Å²) in [5.41, 5.74) is 4.95. The van der Waals surface area contributed by atoms with Crippen molar-refractivity contribution >= 4 is 41.4 Å². The summed E-state index contributed by atoms with van der Waals surface area (Å²) in [6.45, 7) is 3.60. The van der Waals surface area contributed by atoms with Gasteiger partial charge in [0.15, 0.2) is 6.29 Å². The van der Waals surface area contributed by atoms with E-state index in [1.165, 1.54) is 24.0 Å². The minimum atomic E-state index is -1.43. The number of alkyl carbamates (subject to hydrolysis) is 1. The summed E-state index contributed by atoms with van der Waals surface area (Å²) >= 11 is 0. The summed E-state index contributed by atoms with van der Waals surface area (Å²) in [6, 6.07) is 3.67. The van der Waals surface area contributed by atoms with Gasteiger partial charge in [-0.2, -0.15) is 0 Å². The normalized spacial score (nSPS) is 22.4. The van der Waals surface area contributed by atoms with Crippen LogP contribution in [0, 0.1) is 0 Å². The van der Waals surface area contributed by atoms with Crippen LogP contribution in [0.1, 0.15) is 64.4 Å². The first-order chi connectivity index (χ1) is 24.2. The van der Waals surface area contributed by atoms with Crippen LogP contribution in [0.3, 0.4) is 0 Å². The Bertz CT molecular complexity index is 1410. The van der Waals surface area contributed by atoms with Crippen molar-refractivity contribution < 1.29 is 53.6 Å². The highest BCUT2D eigenvalue weighted by Crippen LogP contribution is 2.24. The molecule has 18 nitrogen and oxygen atoms in total. The maximum atomic E-state index is 13.2. The number of aliphatic hydroxyl groups excluding tert-OH is 3. The van der Waals surface area contributed by atoms with Crippen molar-refractivity contribution in [1.29, 1.82) is 0 Å². The molecule has 2 heterocycles. The number of nitrogens with one attached hydrogen (secondary N) is 5. The van der Waals surface area contributed by atoms with Gasteiger partial charge in [-0.3, -0.25) is 19.2 Å². The highest BCUT2D eigenvalue weighted by Gasteiger charge is 2.43. The number of carbonyl (C=O) groups excluding carboxylic acids is 6. The maximum Gasteiger partial charge on any atom is 0.407 e. The van der Waals surface area contributed by atoms with Crippen LogP contribution in [0.15, 0.2) is 36.4 Å². The van der Waals surface area contributed by atoms with Crippen LogP contribution >= 0.6 is 0 Å². The van der Waals surface area contributed by atoms with Gasteiger partial charge in [0.05, 0.1) is 12.1 Å². The average Bonchev–Trinajstić information content (AvgIpc) is 3.40. The number of rotatable bonds is 18. The van der Waals surface area contributed by atoms with Crippen LogP contribution in [-0.4, -0.2) is 112 Å². The van der Waals surface area contributed by atoms with E-state index in [0.717, 1.165) is 0 Å². The third kappa shape index (κ3) is 13.1. The van der Waals surface area contributed by atoms with Crippen LogP contribution in [0.4, 0.5) is 15.3 Å². The SMILES string of the molecule is CC(NC(=O)CCCCCN1C(=O)C=CC1O)C(=O)NC(CCCNC(N)=O)C(=O)Nc1ccc(COC(=O)NC2(C)CCOC(O)C2O)cc1. The topological polar surface area (TPSA) is 271 Å². The zero-order valence-electron chi connectivity index (χ0n) is 28.8. The van der Waals surface area contributed by atoms with E-state index in [4.69, 9.17) is 15.2 Å². The molecule has 7 amide bonds. The third-order valence-electron chi connectivity index (χ3n) is 8.50. The van der Waals surface area contributed by atoms with E-state index in [1.54, 1.807) is 31.2 Å². The number of aliphatic hydroxyl groups is 3. The van der Waals surface area contributed by atoms with E-state index in [0.29, 0.717) is 43.5 Å². The smallest absolute Gasteiger partial charge is 0.407 e. The van der Waals surface area contributed by atoms with Crippen molar-refractivity contribution in [2.45, 2.75) is 102 Å². The number of nitrogens with two attached hydrogens (primary N) is 1. The predicted octanol–water partition coefficient (Wildman–Crippen LogP) is -0.575. The molecule has 2 aliphatic rings. The number of anilines is 1. The molecule has 10 N–H and O–H groups in total. The summed E-state index contributed by atoms with van der Waals surface area (Å²) < 4.78 is 10.2. The van der Waals surface area contributed by atoms with Gasteiger partial charge in [-0.15, -0.1) is 0 Å². The molecule has 0 saturated carbocycles. The molecule has 18 heteroatoms. The molecule has 6 unspecified atom stereocenters. The second kappa shape index (κ2) is 19.6. The third-order valence-corrected chi connectivity index (χ3v) is 8.50. The fraction of sp³-hybridized carbons (Fsp3) is 0.576. The molecule has 2 aliphatic heterocycles. The molecule has 0 aliphatic carbocycles. The van der Waals surface area contributed by atoms with Crippen molar-refractivity contribution in [2.24, 2.45) is 5.73 Å². The summed E-state index contributed by atoms with van der Waals surface area (Å²) in [7, 11) is 0. The number of unbranched alkanes of at least 4 members (excludes halogenated alkanes) is 2. The quantitative estimate of drug-likeness (QED) is 0.0867. The monoisotopic (exact) mass is 719 g/mol. The zero-order valence-corrected chi connectivity index (χ0v) is 28.8. The Hall–Kier alpha value is -4.78. The first-order valence-electron chi connectivity index (χ1n) is 16.8. The van der Waals surface area contributed by atoms with E-state index >= 15 is 0 Å². The molecular weight excluding hydrogens is 670 g/mol. The number of carbonyl (C=O) groups is 6. The van der Waals surface area contributed by atoms with E-state index in [9.17, 15) is 44.1 Å². The molecular formula is C33H49N7O11. The number of nitrogens with zero attached hydrogens (tertiary/aromatic N) is 1. The van der Waals surface area contributed by atoms with Crippen LogP contribution < -0.4 is 32.3 Å². The number of urea groups is 1. The van der Waals surface area contributed by atoms with Gasteiger partial charge in [0.2, 0.25) is 23.6 Å². The molecule has 1 saturated heterocycles. The summed E-state index contributed by atoms with van der Waals surface area (Å²) in [5, 5.41) is 42.7. The standard InChI is InChI=1S/C33H49N7O11/c1-20(36-24(41)8-4-3-5-17-40-25(42)13-14-26(40)43)28(45)38-23(7-6-16-35-31(34)48)29(46)37-22-11-9-21(10-12-22)19-51-32(49)39-33(2)15-18-50-30(47)27(33)44/h9-14,20,23,25,27,30,42,44,47H,3-8,15-19H2,1-2H3,(H,36,41)(H,37,46)(H,38,45)(H,39,49)(H3,34,35,48). The summed E-state index contributed by atoms with van der Waals surface area (Å²) in [5.74, 6) is -1.77. The number of amides is 7. The van der Waals surface area contributed by atoms with Crippen molar-refractivity contribution in [2.75, 3.05) is 25.0 Å². The van der Waals surface area contributed by atoms with E-state index in [1.807, 2.05) is 0 Å². The minimum absolute atomic E-state index is 0.123. The highest BCUT2D eigenvalue weighted by molar-refractivity contribution is 5.98. The first kappa shape index (κ1) is 40.6. The molecule has 0 spiro atoms. The van der Waals surface area contributed by atoms with Gasteiger partial charge >= 0.3 is 12.1 Å². The van der Waals surface area contributed by atoms with Crippen molar-refractivity contribution in [3.8, 4) is 0 Å². The van der Waals surface area contributed by atoms with Gasteiger partial charge in [-0.25, -0.2) is 9.59 Å². The molecule has 51 heavy (non-hydrogen) atoms. The van der Waals surface area contributed by atoms with Crippen LogP contribution in [-0.2, 0) is 35.3 Å². The molecule has 6 atom stereocenters. The highest BCUT2D eigenvalue weighted by atomic mass is 16.6. The number of primary amides is 1. The fourth-order valence-electron chi connectivity index (χ4n) is 5.36. The van der Waals surface area contributed by atoms with Gasteiger partial charge in [0.25, 0.3) is 0 Å². The zero-order chi connectivity index (χ0) is 37.6. The van der Waals surface area contributed by atoms with Crippen LogP contribution in [0.25, 0.3) is 0 Å². The van der Waals surface area contributed by atoms with E-state index in [2.05, 4.69) is 26.6 Å². The lowest BCUT2D eigenvalue weighted by atomic mass is 9.89. The Morgan fingerprint density at radius 1 is 1.04 bits per heavy atom. The second-order valence-corrected chi connectivity index (χ2v) is 12.7. The molecule has 0 aromatic heterocycles. The van der Waals surface area contributed by atoms with Gasteiger partial charge < -0.3 is 62.0 Å². The Balaban J connectivity index is 1.46. The van der Waals surface area contributed by atoms with Crippen LogP contribution in [0.2, 0.25) is 0 Å². The lowest BCUT2D eigenvalue weighted by molar-refractivity contribution is -0.212. The number of ether oxygens (including phenoxy) is 2. The Kier molecular flexibility index (Phi) is 15.6. The molecule has 282 valence electrons. The molecule has 1 aromatic rings. The Labute approximate surface area is 295 Å². The Morgan fingerprint density at radius 3 is 2.43 bits per heavy atom. The fourth-order valence-corrected chi connectivity index (χ4v) is 5.36. The number of hydrogen-bond acceptors (Lipinski definition) is 11. The van der Waals surface area contributed by atoms with Gasteiger partial charge in [0, 0.05) is 31.3 Å². The molecule has 3 rings (SSSR count). The van der Waals surface area contributed by atoms with Crippen molar-refractivity contribution in [3.05, 3.63) is 42.0 Å². The lowest BCUT2D eigenvalue weighted by Crippen LogP contribution is -2.62. The minimum Gasteiger partial charge on any atom is -0.445 e. The van der Waals surface area contributed by atoms with E-state index < -0.39 is 60.2 Å². The van der Waals surface area contributed by atoms with E-state index in [-0.39, 0.29) is 50.8 Å². The summed E-state index contributed by atoms with van der Waals surface area (Å²) in [4.78, 5) is 75.1. The number of benzene rings is 1. The first-order valence-corrected chi connectivity index (χ1v) is 16.8. The van der Waals surface area contributed by atoms with Crippen molar-refractivity contribution in [3.63, 3.8) is 0 Å². The Morgan fingerprint density at radius 2 is 1.76 bits per heavy atom.